The maximum Gasteiger partial charge on any atom is 0.234 e. The van der Waals surface area contributed by atoms with Crippen molar-refractivity contribution in [1.82, 2.24) is 14.8 Å². The fourth-order valence-corrected chi connectivity index (χ4v) is 4.49. The molecule has 1 amide bonds. The van der Waals surface area contributed by atoms with Crippen molar-refractivity contribution >= 4 is 46.3 Å². The number of para-hydroxylation sites is 2. The number of anilines is 1. The highest BCUT2D eigenvalue weighted by Gasteiger charge is 2.20. The van der Waals surface area contributed by atoms with E-state index in [4.69, 9.17) is 16.3 Å². The van der Waals surface area contributed by atoms with E-state index in [1.165, 1.54) is 41.3 Å². The lowest BCUT2D eigenvalue weighted by atomic mass is 10.3. The standard InChI is InChI=1S/C21H16ClFN4O2S2/c1-29-17-6-3-2-5-16(17)27-20(18-7-4-10-30-18)25-26-21(27)31-12-19(28)24-15-11-13(22)8-9-14(15)23/h2-11H,12H2,1H3,(H,24,28). The Morgan fingerprint density at radius 3 is 2.84 bits per heavy atom. The van der Waals surface area contributed by atoms with Crippen LogP contribution in [0.25, 0.3) is 16.4 Å². The summed E-state index contributed by atoms with van der Waals surface area (Å²) in [6.45, 7) is 0. The molecule has 4 rings (SSSR count). The molecule has 2 aromatic heterocycles. The Balaban J connectivity index is 1.61. The summed E-state index contributed by atoms with van der Waals surface area (Å²) in [6, 6.07) is 15.4. The van der Waals surface area contributed by atoms with Crippen molar-refractivity contribution in [2.75, 3.05) is 18.2 Å². The van der Waals surface area contributed by atoms with Crippen LogP contribution < -0.4 is 10.1 Å². The van der Waals surface area contributed by atoms with Gasteiger partial charge in [0.15, 0.2) is 11.0 Å². The van der Waals surface area contributed by atoms with Crippen LogP contribution in [0.4, 0.5) is 10.1 Å². The summed E-state index contributed by atoms with van der Waals surface area (Å²) in [5.74, 6) is 0.345. The van der Waals surface area contributed by atoms with E-state index in [1.807, 2.05) is 46.3 Å². The molecule has 2 heterocycles. The number of thiophene rings is 1. The minimum absolute atomic E-state index is 0.00365. The number of aromatic nitrogens is 3. The number of carbonyl (C=O) groups excluding carboxylic acids is 1. The summed E-state index contributed by atoms with van der Waals surface area (Å²) in [6.07, 6.45) is 0. The van der Waals surface area contributed by atoms with Gasteiger partial charge in [0, 0.05) is 5.02 Å². The van der Waals surface area contributed by atoms with Crippen molar-refractivity contribution in [3.8, 4) is 22.1 Å². The molecule has 31 heavy (non-hydrogen) atoms. The van der Waals surface area contributed by atoms with Crippen LogP contribution in [0.2, 0.25) is 5.02 Å². The Kier molecular flexibility index (Phi) is 6.55. The molecule has 0 unspecified atom stereocenters. The molecular formula is C21H16ClFN4O2S2. The van der Waals surface area contributed by atoms with Gasteiger partial charge in [0.25, 0.3) is 0 Å². The monoisotopic (exact) mass is 474 g/mol. The first-order chi connectivity index (χ1) is 15.1. The Hall–Kier alpha value is -2.88. The van der Waals surface area contributed by atoms with Gasteiger partial charge in [-0.15, -0.1) is 21.5 Å². The average Bonchev–Trinajstić information content (AvgIpc) is 3.44. The number of nitrogens with one attached hydrogen (secondary N) is 1. The van der Waals surface area contributed by atoms with Crippen molar-refractivity contribution in [3.05, 3.63) is 70.8 Å². The molecule has 0 atom stereocenters. The number of rotatable bonds is 7. The van der Waals surface area contributed by atoms with Crippen LogP contribution in [0.15, 0.2) is 65.1 Å². The number of benzene rings is 2. The molecule has 6 nitrogen and oxygen atoms in total. The zero-order valence-electron chi connectivity index (χ0n) is 16.2. The SMILES string of the molecule is COc1ccccc1-n1c(SCC(=O)Nc2cc(Cl)ccc2F)nnc1-c1cccs1. The maximum absolute atomic E-state index is 13.9. The van der Waals surface area contributed by atoms with Crippen LogP contribution >= 0.6 is 34.7 Å². The van der Waals surface area contributed by atoms with Crippen LogP contribution in [0.3, 0.4) is 0 Å². The molecule has 2 aromatic carbocycles. The Labute approximate surface area is 191 Å². The molecule has 0 aliphatic heterocycles. The molecule has 0 spiro atoms. The zero-order chi connectivity index (χ0) is 21.8. The molecule has 4 aromatic rings. The summed E-state index contributed by atoms with van der Waals surface area (Å²) in [4.78, 5) is 13.4. The van der Waals surface area contributed by atoms with Gasteiger partial charge in [-0.05, 0) is 41.8 Å². The van der Waals surface area contributed by atoms with Gasteiger partial charge in [-0.25, -0.2) is 4.39 Å². The molecule has 10 heteroatoms. The fraction of sp³-hybridized carbons (Fsp3) is 0.0952. The van der Waals surface area contributed by atoms with Gasteiger partial charge in [-0.3, -0.25) is 9.36 Å². The molecule has 158 valence electrons. The van der Waals surface area contributed by atoms with Crippen LogP contribution in [0, 0.1) is 5.82 Å². The van der Waals surface area contributed by atoms with Gasteiger partial charge >= 0.3 is 0 Å². The molecule has 0 aliphatic carbocycles. The predicted octanol–water partition coefficient (Wildman–Crippen LogP) is 5.53. The lowest BCUT2D eigenvalue weighted by Gasteiger charge is -2.13. The Morgan fingerprint density at radius 1 is 1.23 bits per heavy atom. The smallest absolute Gasteiger partial charge is 0.234 e. The van der Waals surface area contributed by atoms with Crippen molar-refractivity contribution in [2.24, 2.45) is 0 Å². The summed E-state index contributed by atoms with van der Waals surface area (Å²) < 4.78 is 21.3. The second-order valence-corrected chi connectivity index (χ2v) is 8.58. The first-order valence-corrected chi connectivity index (χ1v) is 11.3. The number of ether oxygens (including phenoxy) is 1. The average molecular weight is 475 g/mol. The van der Waals surface area contributed by atoms with E-state index in [-0.39, 0.29) is 11.4 Å². The lowest BCUT2D eigenvalue weighted by molar-refractivity contribution is -0.113. The third kappa shape index (κ3) is 4.73. The van der Waals surface area contributed by atoms with E-state index in [9.17, 15) is 9.18 Å². The number of hydrogen-bond donors (Lipinski definition) is 1. The first kappa shape index (κ1) is 21.4. The number of methoxy groups -OCH3 is 1. The van der Waals surface area contributed by atoms with Crippen molar-refractivity contribution in [3.63, 3.8) is 0 Å². The summed E-state index contributed by atoms with van der Waals surface area (Å²) in [7, 11) is 1.59. The van der Waals surface area contributed by atoms with E-state index in [0.717, 1.165) is 10.6 Å². The number of amides is 1. The maximum atomic E-state index is 13.9. The van der Waals surface area contributed by atoms with Crippen molar-refractivity contribution in [2.45, 2.75) is 5.16 Å². The molecule has 0 saturated heterocycles. The zero-order valence-corrected chi connectivity index (χ0v) is 18.6. The summed E-state index contributed by atoms with van der Waals surface area (Å²) in [5.41, 5.74) is 0.783. The van der Waals surface area contributed by atoms with Crippen molar-refractivity contribution in [1.29, 1.82) is 0 Å². The number of halogens is 2. The van der Waals surface area contributed by atoms with E-state index >= 15 is 0 Å². The fourth-order valence-electron chi connectivity index (χ4n) is 2.87. The first-order valence-electron chi connectivity index (χ1n) is 9.07. The minimum atomic E-state index is -0.556. The van der Waals surface area contributed by atoms with Gasteiger partial charge in [0.05, 0.1) is 29.1 Å². The largest absolute Gasteiger partial charge is 0.495 e. The van der Waals surface area contributed by atoms with E-state index < -0.39 is 11.7 Å². The number of hydrogen-bond acceptors (Lipinski definition) is 6. The Bertz CT molecular complexity index is 1210. The van der Waals surface area contributed by atoms with E-state index in [1.54, 1.807) is 7.11 Å². The van der Waals surface area contributed by atoms with Crippen LogP contribution in [-0.4, -0.2) is 33.5 Å². The molecule has 0 radical (unpaired) electrons. The molecule has 0 fully saturated rings. The molecule has 0 saturated carbocycles. The summed E-state index contributed by atoms with van der Waals surface area (Å²) >= 11 is 8.61. The lowest BCUT2D eigenvalue weighted by Crippen LogP contribution is -2.15. The second kappa shape index (κ2) is 9.51. The van der Waals surface area contributed by atoms with E-state index in [0.29, 0.717) is 21.8 Å². The minimum Gasteiger partial charge on any atom is -0.495 e. The molecule has 1 N–H and O–H groups in total. The number of carbonyl (C=O) groups is 1. The third-order valence-electron chi connectivity index (χ3n) is 4.24. The number of thioether (sulfide) groups is 1. The van der Waals surface area contributed by atoms with Gasteiger partial charge in [0.1, 0.15) is 11.6 Å². The molecule has 0 aliphatic rings. The highest BCUT2D eigenvalue weighted by Crippen LogP contribution is 2.34. The highest BCUT2D eigenvalue weighted by molar-refractivity contribution is 7.99. The number of nitrogens with zero attached hydrogens (tertiary/aromatic N) is 3. The summed E-state index contributed by atoms with van der Waals surface area (Å²) in [5, 5.41) is 14.0. The van der Waals surface area contributed by atoms with Gasteiger partial charge in [-0.1, -0.05) is 41.6 Å². The van der Waals surface area contributed by atoms with Gasteiger partial charge in [-0.2, -0.15) is 0 Å². The van der Waals surface area contributed by atoms with Gasteiger partial charge < -0.3 is 10.1 Å². The predicted molar refractivity (Wildman–Crippen MR) is 122 cm³/mol. The second-order valence-electron chi connectivity index (χ2n) is 6.25. The normalized spacial score (nSPS) is 10.8. The van der Waals surface area contributed by atoms with Crippen molar-refractivity contribution < 1.29 is 13.9 Å². The van der Waals surface area contributed by atoms with Crippen LogP contribution in [0.5, 0.6) is 5.75 Å². The van der Waals surface area contributed by atoms with Crippen LogP contribution in [0.1, 0.15) is 0 Å². The van der Waals surface area contributed by atoms with E-state index in [2.05, 4.69) is 15.5 Å². The van der Waals surface area contributed by atoms with Crippen LogP contribution in [-0.2, 0) is 4.79 Å². The topological polar surface area (TPSA) is 69.0 Å². The molecule has 0 bridgehead atoms. The van der Waals surface area contributed by atoms with Gasteiger partial charge in [0.2, 0.25) is 5.91 Å². The highest BCUT2D eigenvalue weighted by atomic mass is 35.5. The quantitative estimate of drug-likeness (QED) is 0.357. The Morgan fingerprint density at radius 2 is 2.06 bits per heavy atom. The third-order valence-corrected chi connectivity index (χ3v) is 6.27. The molecular weight excluding hydrogens is 459 g/mol.